The maximum Gasteiger partial charge on any atom is 0.137 e. The summed E-state index contributed by atoms with van der Waals surface area (Å²) in [5, 5.41) is 11.4. The number of hydrogen-bond acceptors (Lipinski definition) is 4. The molecule has 0 radical (unpaired) electrons. The summed E-state index contributed by atoms with van der Waals surface area (Å²) in [6.45, 7) is 9.79. The second-order valence-corrected chi connectivity index (χ2v) is 5.67. The molecule has 6 nitrogen and oxygen atoms in total. The van der Waals surface area contributed by atoms with Crippen molar-refractivity contribution in [2.45, 2.75) is 38.8 Å². The number of H-pyrrole nitrogens is 1. The average molecular weight is 286 g/mol. The minimum absolute atomic E-state index is 0.463. The van der Waals surface area contributed by atoms with Gasteiger partial charge in [-0.15, -0.1) is 6.58 Å². The maximum absolute atomic E-state index is 4.43. The third-order valence-corrected chi connectivity index (χ3v) is 4.23. The van der Waals surface area contributed by atoms with Crippen molar-refractivity contribution in [3.05, 3.63) is 42.3 Å². The van der Waals surface area contributed by atoms with Gasteiger partial charge in [-0.2, -0.15) is 10.2 Å². The van der Waals surface area contributed by atoms with Gasteiger partial charge < -0.3 is 0 Å². The molecule has 0 bridgehead atoms. The summed E-state index contributed by atoms with van der Waals surface area (Å²) in [4.78, 5) is 6.79. The summed E-state index contributed by atoms with van der Waals surface area (Å²) in [7, 11) is 0. The van der Waals surface area contributed by atoms with Gasteiger partial charge in [0.25, 0.3) is 0 Å². The highest BCUT2D eigenvalue weighted by molar-refractivity contribution is 5.16. The van der Waals surface area contributed by atoms with Crippen LogP contribution in [-0.2, 0) is 13.1 Å². The third-order valence-electron chi connectivity index (χ3n) is 4.23. The second-order valence-electron chi connectivity index (χ2n) is 5.67. The first kappa shape index (κ1) is 14.0. The van der Waals surface area contributed by atoms with E-state index < -0.39 is 0 Å². The number of nitrogens with one attached hydrogen (secondary N) is 1. The van der Waals surface area contributed by atoms with E-state index in [1.165, 1.54) is 24.1 Å². The molecule has 0 aromatic carbocycles. The molecule has 3 rings (SSSR count). The van der Waals surface area contributed by atoms with Crippen LogP contribution in [0, 0.1) is 6.92 Å². The Morgan fingerprint density at radius 2 is 2.43 bits per heavy atom. The van der Waals surface area contributed by atoms with Gasteiger partial charge in [-0.1, -0.05) is 6.08 Å². The molecular formula is C15H22N6. The number of nitrogens with zero attached hydrogens (tertiary/aromatic N) is 5. The van der Waals surface area contributed by atoms with E-state index in [2.05, 4.69) is 38.7 Å². The van der Waals surface area contributed by atoms with Crippen LogP contribution in [-0.4, -0.2) is 43.0 Å². The van der Waals surface area contributed by atoms with Crippen LogP contribution in [0.3, 0.4) is 0 Å². The fourth-order valence-corrected chi connectivity index (χ4v) is 3.02. The fraction of sp³-hybridized carbons (Fsp3) is 0.533. The van der Waals surface area contributed by atoms with Gasteiger partial charge in [0.2, 0.25) is 0 Å². The lowest BCUT2D eigenvalue weighted by molar-refractivity contribution is 0.196. The van der Waals surface area contributed by atoms with E-state index >= 15 is 0 Å². The molecule has 6 heteroatoms. The Morgan fingerprint density at radius 3 is 3.19 bits per heavy atom. The highest BCUT2D eigenvalue weighted by atomic mass is 15.3. The van der Waals surface area contributed by atoms with Crippen LogP contribution in [0.5, 0.6) is 0 Å². The molecule has 2 aromatic heterocycles. The topological polar surface area (TPSA) is 62.6 Å². The van der Waals surface area contributed by atoms with Crippen molar-refractivity contribution in [1.82, 2.24) is 29.9 Å². The van der Waals surface area contributed by atoms with Crippen LogP contribution in [0.15, 0.2) is 25.2 Å². The van der Waals surface area contributed by atoms with E-state index in [-0.39, 0.29) is 0 Å². The quantitative estimate of drug-likeness (QED) is 0.852. The van der Waals surface area contributed by atoms with E-state index in [0.717, 1.165) is 32.0 Å². The summed E-state index contributed by atoms with van der Waals surface area (Å²) in [6.07, 6.45) is 7.84. The van der Waals surface area contributed by atoms with Crippen molar-refractivity contribution in [3.8, 4) is 0 Å². The van der Waals surface area contributed by atoms with Crippen LogP contribution in [0.4, 0.5) is 0 Å². The molecule has 112 valence electrons. The minimum Gasteiger partial charge on any atom is -0.298 e. The summed E-state index contributed by atoms with van der Waals surface area (Å²) >= 11 is 0. The van der Waals surface area contributed by atoms with Gasteiger partial charge in [-0.05, 0) is 26.3 Å². The molecule has 1 aliphatic heterocycles. The van der Waals surface area contributed by atoms with Crippen LogP contribution >= 0.6 is 0 Å². The normalized spacial score (nSPS) is 19.8. The van der Waals surface area contributed by atoms with Gasteiger partial charge in [0, 0.05) is 30.3 Å². The number of rotatable bonds is 5. The van der Waals surface area contributed by atoms with Crippen molar-refractivity contribution < 1.29 is 0 Å². The molecule has 1 aliphatic rings. The van der Waals surface area contributed by atoms with Gasteiger partial charge in [0.15, 0.2) is 0 Å². The zero-order valence-corrected chi connectivity index (χ0v) is 12.5. The molecule has 21 heavy (non-hydrogen) atoms. The van der Waals surface area contributed by atoms with Crippen molar-refractivity contribution in [2.24, 2.45) is 0 Å². The molecule has 0 aliphatic carbocycles. The molecule has 1 saturated heterocycles. The van der Waals surface area contributed by atoms with Gasteiger partial charge >= 0.3 is 0 Å². The van der Waals surface area contributed by atoms with E-state index in [9.17, 15) is 0 Å². The Balaban J connectivity index is 1.66. The second kappa shape index (κ2) is 6.22. The van der Waals surface area contributed by atoms with E-state index in [1.807, 2.05) is 17.0 Å². The summed E-state index contributed by atoms with van der Waals surface area (Å²) < 4.78 is 2.00. The predicted octanol–water partition coefficient (Wildman–Crippen LogP) is 1.88. The number of likely N-dealkylation sites (tertiary alicyclic amines) is 1. The van der Waals surface area contributed by atoms with Crippen molar-refractivity contribution in [2.75, 3.05) is 13.1 Å². The Labute approximate surface area is 124 Å². The lowest BCUT2D eigenvalue weighted by Gasteiger charge is -2.31. The SMILES string of the molecule is C=CCn1ncc(CN2CCC[C@@H](c3ncn[nH]3)C2)c1C. The molecule has 0 unspecified atom stereocenters. The summed E-state index contributed by atoms with van der Waals surface area (Å²) in [6, 6.07) is 0. The first-order valence-electron chi connectivity index (χ1n) is 7.47. The number of aromatic amines is 1. The number of piperidine rings is 1. The van der Waals surface area contributed by atoms with Crippen molar-refractivity contribution >= 4 is 0 Å². The van der Waals surface area contributed by atoms with Gasteiger partial charge in [-0.25, -0.2) is 4.98 Å². The summed E-state index contributed by atoms with van der Waals surface area (Å²) in [5.74, 6) is 1.48. The molecular weight excluding hydrogens is 264 g/mol. The minimum atomic E-state index is 0.463. The molecule has 0 amide bonds. The zero-order chi connectivity index (χ0) is 14.7. The van der Waals surface area contributed by atoms with Crippen molar-refractivity contribution in [1.29, 1.82) is 0 Å². The highest BCUT2D eigenvalue weighted by Gasteiger charge is 2.24. The van der Waals surface area contributed by atoms with Gasteiger partial charge in [-0.3, -0.25) is 14.7 Å². The number of aromatic nitrogens is 5. The third kappa shape index (κ3) is 3.05. The molecule has 0 saturated carbocycles. The number of hydrogen-bond donors (Lipinski definition) is 1. The Kier molecular flexibility index (Phi) is 4.15. The Morgan fingerprint density at radius 1 is 1.52 bits per heavy atom. The van der Waals surface area contributed by atoms with E-state index in [0.29, 0.717) is 5.92 Å². The highest BCUT2D eigenvalue weighted by Crippen LogP contribution is 2.25. The molecule has 3 heterocycles. The van der Waals surface area contributed by atoms with E-state index in [4.69, 9.17) is 0 Å². The zero-order valence-electron chi connectivity index (χ0n) is 12.5. The van der Waals surface area contributed by atoms with Gasteiger partial charge in [0.1, 0.15) is 12.2 Å². The summed E-state index contributed by atoms with van der Waals surface area (Å²) in [5.41, 5.74) is 2.53. The van der Waals surface area contributed by atoms with Gasteiger partial charge in [0.05, 0.1) is 12.7 Å². The number of allylic oxidation sites excluding steroid dienone is 1. The Hall–Kier alpha value is -1.95. The lowest BCUT2D eigenvalue weighted by Crippen LogP contribution is -2.34. The van der Waals surface area contributed by atoms with E-state index in [1.54, 1.807) is 6.33 Å². The van der Waals surface area contributed by atoms with Crippen LogP contribution in [0.2, 0.25) is 0 Å². The van der Waals surface area contributed by atoms with Crippen molar-refractivity contribution in [3.63, 3.8) is 0 Å². The smallest absolute Gasteiger partial charge is 0.137 e. The first-order valence-corrected chi connectivity index (χ1v) is 7.47. The van der Waals surface area contributed by atoms with Crippen LogP contribution in [0.25, 0.3) is 0 Å². The Bertz CT molecular complexity index is 585. The van der Waals surface area contributed by atoms with Crippen LogP contribution < -0.4 is 0 Å². The standard InChI is InChI=1S/C15H22N6/c1-3-6-21-12(2)14(8-18-21)10-20-7-4-5-13(9-20)15-16-11-17-19-15/h3,8,11,13H,1,4-7,9-10H2,2H3,(H,16,17,19)/t13-/m1/s1. The molecule has 1 N–H and O–H groups in total. The molecule has 2 aromatic rings. The first-order chi connectivity index (χ1) is 10.3. The largest absolute Gasteiger partial charge is 0.298 e. The van der Waals surface area contributed by atoms with Crippen LogP contribution in [0.1, 0.15) is 35.8 Å². The predicted molar refractivity (Wildman–Crippen MR) is 80.8 cm³/mol. The monoisotopic (exact) mass is 286 g/mol. The fourth-order valence-electron chi connectivity index (χ4n) is 3.02. The lowest BCUT2D eigenvalue weighted by atomic mass is 9.97. The average Bonchev–Trinajstić information content (AvgIpc) is 3.13. The molecule has 0 spiro atoms. The maximum atomic E-state index is 4.43. The molecule has 1 atom stereocenters. The molecule has 1 fully saturated rings.